The van der Waals surface area contributed by atoms with E-state index in [9.17, 15) is 22.4 Å². The predicted octanol–water partition coefficient (Wildman–Crippen LogP) is 1.64. The monoisotopic (exact) mass is 245 g/mol. The normalized spacial score (nSPS) is 10.6. The zero-order chi connectivity index (χ0) is 12.6. The first-order valence-corrected chi connectivity index (χ1v) is 4.25. The third-order valence-corrected chi connectivity index (χ3v) is 1.95. The number of carbonyl (C=O) groups is 1. The summed E-state index contributed by atoms with van der Waals surface area (Å²) in [6, 6.07) is 0.0751. The summed E-state index contributed by atoms with van der Waals surface area (Å²) in [5.74, 6) is -6.37. The number of hydrogen-bond acceptors (Lipinski definition) is 3. The van der Waals surface area contributed by atoms with Gasteiger partial charge in [0.15, 0.2) is 29.6 Å². The lowest BCUT2D eigenvalue weighted by atomic mass is 10.2. The first kappa shape index (κ1) is 11.2. The Hall–Kier alpha value is -2.25. The molecule has 4 nitrogen and oxygen atoms in total. The summed E-state index contributed by atoms with van der Waals surface area (Å²) in [4.78, 5) is 10.3. The summed E-state index contributed by atoms with van der Waals surface area (Å²) in [5.41, 5.74) is -1.29. The fourth-order valence-electron chi connectivity index (χ4n) is 1.20. The van der Waals surface area contributed by atoms with E-state index in [1.54, 1.807) is 0 Å². The Labute approximate surface area is 91.5 Å². The molecule has 0 bridgehead atoms. The second-order valence-electron chi connectivity index (χ2n) is 3.02. The number of halogens is 4. The molecule has 0 saturated carbocycles. The van der Waals surface area contributed by atoms with E-state index in [2.05, 4.69) is 10.3 Å². The van der Waals surface area contributed by atoms with Gasteiger partial charge in [-0.2, -0.15) is 0 Å². The van der Waals surface area contributed by atoms with Gasteiger partial charge in [-0.05, 0) is 0 Å². The molecule has 0 spiro atoms. The highest BCUT2D eigenvalue weighted by Crippen LogP contribution is 2.22. The summed E-state index contributed by atoms with van der Waals surface area (Å²) >= 11 is 0. The van der Waals surface area contributed by atoms with Crippen molar-refractivity contribution in [3.05, 3.63) is 41.2 Å². The van der Waals surface area contributed by atoms with Gasteiger partial charge in [-0.15, -0.1) is 5.10 Å². The Kier molecular flexibility index (Phi) is 2.62. The number of nitrogens with zero attached hydrogens (tertiary/aromatic N) is 3. The predicted molar refractivity (Wildman–Crippen MR) is 46.6 cm³/mol. The maximum atomic E-state index is 13.3. The molecule has 0 radical (unpaired) electrons. The van der Waals surface area contributed by atoms with Crippen molar-refractivity contribution in [3.8, 4) is 5.69 Å². The molecule has 2 aromatic rings. The smallest absolute Gasteiger partial charge is 0.187 e. The van der Waals surface area contributed by atoms with Crippen LogP contribution < -0.4 is 0 Å². The highest BCUT2D eigenvalue weighted by atomic mass is 19.2. The van der Waals surface area contributed by atoms with Crippen molar-refractivity contribution in [2.45, 2.75) is 0 Å². The highest BCUT2D eigenvalue weighted by molar-refractivity contribution is 5.70. The Morgan fingerprint density at radius 1 is 1.12 bits per heavy atom. The van der Waals surface area contributed by atoms with Gasteiger partial charge < -0.3 is 0 Å². The maximum absolute atomic E-state index is 13.3. The number of carbonyl (C=O) groups excluding carboxylic acids is 1. The van der Waals surface area contributed by atoms with Gasteiger partial charge in [0.05, 0.1) is 6.20 Å². The van der Waals surface area contributed by atoms with E-state index < -0.39 is 29.0 Å². The highest BCUT2D eigenvalue weighted by Gasteiger charge is 2.21. The van der Waals surface area contributed by atoms with Crippen molar-refractivity contribution in [2.24, 2.45) is 0 Å². The van der Waals surface area contributed by atoms with Crippen LogP contribution in [0.25, 0.3) is 5.69 Å². The van der Waals surface area contributed by atoms with E-state index in [0.29, 0.717) is 4.68 Å². The molecule has 0 amide bonds. The Balaban J connectivity index is 2.69. The lowest BCUT2D eigenvalue weighted by molar-refractivity contribution is 0.111. The van der Waals surface area contributed by atoms with E-state index >= 15 is 0 Å². The number of benzene rings is 1. The quantitative estimate of drug-likeness (QED) is 0.459. The van der Waals surface area contributed by atoms with Crippen LogP contribution in [0.5, 0.6) is 0 Å². The molecule has 2 rings (SSSR count). The fourth-order valence-corrected chi connectivity index (χ4v) is 1.20. The zero-order valence-electron chi connectivity index (χ0n) is 7.99. The molecule has 17 heavy (non-hydrogen) atoms. The number of rotatable bonds is 2. The van der Waals surface area contributed by atoms with Crippen molar-refractivity contribution in [3.63, 3.8) is 0 Å². The molecule has 0 N–H and O–H groups in total. The first-order valence-electron chi connectivity index (χ1n) is 4.25. The van der Waals surface area contributed by atoms with E-state index in [1.807, 2.05) is 0 Å². The van der Waals surface area contributed by atoms with E-state index in [-0.39, 0.29) is 18.0 Å². The van der Waals surface area contributed by atoms with E-state index in [0.717, 1.165) is 6.20 Å². The molecule has 8 heteroatoms. The molecule has 0 fully saturated rings. The minimum absolute atomic E-state index is 0.0751. The van der Waals surface area contributed by atoms with Gasteiger partial charge in [-0.3, -0.25) is 4.79 Å². The Morgan fingerprint density at radius 2 is 1.71 bits per heavy atom. The first-order chi connectivity index (χ1) is 8.04. The van der Waals surface area contributed by atoms with E-state index in [4.69, 9.17) is 0 Å². The SMILES string of the molecule is O=Cc1cn(-c2c(F)c(F)cc(F)c2F)nn1. The second-order valence-corrected chi connectivity index (χ2v) is 3.02. The number of aldehydes is 1. The van der Waals surface area contributed by atoms with Crippen LogP contribution in [0, 0.1) is 23.3 Å². The molecule has 88 valence electrons. The van der Waals surface area contributed by atoms with Gasteiger partial charge in [-0.1, -0.05) is 5.21 Å². The van der Waals surface area contributed by atoms with Crippen LogP contribution in [0.2, 0.25) is 0 Å². The lowest BCUT2D eigenvalue weighted by Gasteiger charge is -2.05. The van der Waals surface area contributed by atoms with Gasteiger partial charge in [0.2, 0.25) is 0 Å². The van der Waals surface area contributed by atoms with Crippen LogP contribution in [-0.4, -0.2) is 21.3 Å². The van der Waals surface area contributed by atoms with Crippen molar-refractivity contribution in [1.29, 1.82) is 0 Å². The molecule has 0 aliphatic heterocycles. The average molecular weight is 245 g/mol. The molecule has 0 unspecified atom stereocenters. The molecule has 0 atom stereocenters. The molecule has 1 aromatic heterocycles. The van der Waals surface area contributed by atoms with Crippen LogP contribution in [0.1, 0.15) is 10.5 Å². The topological polar surface area (TPSA) is 47.8 Å². The third kappa shape index (κ3) is 1.77. The molecule has 0 aliphatic carbocycles. The van der Waals surface area contributed by atoms with Crippen molar-refractivity contribution in [1.82, 2.24) is 15.0 Å². The summed E-state index contributed by atoms with van der Waals surface area (Å²) in [5, 5.41) is 6.40. The molecule has 0 saturated heterocycles. The zero-order valence-corrected chi connectivity index (χ0v) is 7.99. The molecular formula is C9H3F4N3O. The molecular weight excluding hydrogens is 242 g/mol. The Morgan fingerprint density at radius 3 is 2.18 bits per heavy atom. The lowest BCUT2D eigenvalue weighted by Crippen LogP contribution is -2.07. The molecule has 1 aromatic carbocycles. The standard InChI is InChI=1S/C9H3F4N3O/c10-5-1-6(11)8(13)9(7(5)12)16-2-4(3-17)14-15-16/h1-3H. The molecule has 0 aliphatic rings. The van der Waals surface area contributed by atoms with Crippen LogP contribution in [0.3, 0.4) is 0 Å². The van der Waals surface area contributed by atoms with Crippen molar-refractivity contribution in [2.75, 3.05) is 0 Å². The van der Waals surface area contributed by atoms with Crippen LogP contribution in [0.4, 0.5) is 17.6 Å². The second kappa shape index (κ2) is 3.96. The summed E-state index contributed by atoms with van der Waals surface area (Å²) in [6.45, 7) is 0. The van der Waals surface area contributed by atoms with Gasteiger partial charge in [0.25, 0.3) is 0 Å². The number of hydrogen-bond donors (Lipinski definition) is 0. The van der Waals surface area contributed by atoms with Gasteiger partial charge in [0, 0.05) is 6.07 Å². The van der Waals surface area contributed by atoms with Crippen LogP contribution in [-0.2, 0) is 0 Å². The minimum Gasteiger partial charge on any atom is -0.296 e. The molecule has 1 heterocycles. The van der Waals surface area contributed by atoms with Crippen molar-refractivity contribution < 1.29 is 22.4 Å². The van der Waals surface area contributed by atoms with Crippen LogP contribution in [0.15, 0.2) is 12.3 Å². The van der Waals surface area contributed by atoms with Gasteiger partial charge in [0.1, 0.15) is 11.4 Å². The fraction of sp³-hybridized carbons (Fsp3) is 0. The van der Waals surface area contributed by atoms with E-state index in [1.165, 1.54) is 0 Å². The van der Waals surface area contributed by atoms with Gasteiger partial charge >= 0.3 is 0 Å². The van der Waals surface area contributed by atoms with Crippen LogP contribution >= 0.6 is 0 Å². The number of aromatic nitrogens is 3. The van der Waals surface area contributed by atoms with Crippen molar-refractivity contribution >= 4 is 6.29 Å². The third-order valence-electron chi connectivity index (χ3n) is 1.95. The largest absolute Gasteiger partial charge is 0.296 e. The Bertz CT molecular complexity index is 570. The minimum atomic E-state index is -1.62. The average Bonchev–Trinajstić information content (AvgIpc) is 2.75. The summed E-state index contributed by atoms with van der Waals surface area (Å²) in [6.07, 6.45) is 1.11. The maximum Gasteiger partial charge on any atom is 0.187 e. The summed E-state index contributed by atoms with van der Waals surface area (Å²) in [7, 11) is 0. The van der Waals surface area contributed by atoms with Gasteiger partial charge in [-0.25, -0.2) is 22.2 Å². The summed E-state index contributed by atoms with van der Waals surface area (Å²) < 4.78 is 52.8.